The average Bonchev–Trinajstić information content (AvgIpc) is 2.23. The number of rotatable bonds is 2. The first-order valence-electron chi connectivity index (χ1n) is 5.29. The Morgan fingerprint density at radius 3 is 2.86 bits per heavy atom. The molecule has 1 aliphatic rings. The molecule has 0 bridgehead atoms. The van der Waals surface area contributed by atoms with Gasteiger partial charge in [-0.15, -0.1) is 0 Å². The second-order valence-corrected chi connectivity index (χ2v) is 3.91. The van der Waals surface area contributed by atoms with Crippen LogP contribution in [0.25, 0.3) is 0 Å². The third-order valence-corrected chi connectivity index (χ3v) is 2.82. The van der Waals surface area contributed by atoms with Crippen molar-refractivity contribution in [2.75, 3.05) is 5.32 Å². The highest BCUT2D eigenvalue weighted by atomic mass is 15.0. The number of aromatic nitrogens is 1. The molecule has 1 saturated carbocycles. The Balaban J connectivity index is 1.96. The fraction of sp³-hybridized carbons (Fsp3) is 0.545. The lowest BCUT2D eigenvalue weighted by atomic mass is 9.91. The molecular weight excluding hydrogens is 174 g/mol. The molecule has 3 heteroatoms. The molecule has 0 saturated heterocycles. The van der Waals surface area contributed by atoms with E-state index in [2.05, 4.69) is 10.3 Å². The molecule has 1 aromatic heterocycles. The molecule has 0 unspecified atom stereocenters. The van der Waals surface area contributed by atoms with Crippen LogP contribution in [0.3, 0.4) is 0 Å². The van der Waals surface area contributed by atoms with Crippen LogP contribution in [0.5, 0.6) is 0 Å². The lowest BCUT2D eigenvalue weighted by Crippen LogP contribution is -2.42. The van der Waals surface area contributed by atoms with Gasteiger partial charge in [-0.05, 0) is 25.0 Å². The van der Waals surface area contributed by atoms with Crippen molar-refractivity contribution in [1.82, 2.24) is 4.98 Å². The fourth-order valence-corrected chi connectivity index (χ4v) is 1.98. The lowest BCUT2D eigenvalue weighted by molar-refractivity contribution is 0.403. The zero-order chi connectivity index (χ0) is 9.80. The summed E-state index contributed by atoms with van der Waals surface area (Å²) in [7, 11) is 0. The van der Waals surface area contributed by atoms with Crippen LogP contribution in [0, 0.1) is 0 Å². The van der Waals surface area contributed by atoms with Crippen LogP contribution < -0.4 is 11.1 Å². The van der Waals surface area contributed by atoms with Gasteiger partial charge in [-0.1, -0.05) is 18.9 Å². The Hall–Kier alpha value is -1.09. The van der Waals surface area contributed by atoms with Crippen molar-refractivity contribution < 1.29 is 0 Å². The number of nitrogens with one attached hydrogen (secondary N) is 1. The third kappa shape index (κ3) is 2.23. The van der Waals surface area contributed by atoms with Gasteiger partial charge in [0.25, 0.3) is 0 Å². The quantitative estimate of drug-likeness (QED) is 0.749. The van der Waals surface area contributed by atoms with E-state index < -0.39 is 0 Å². The Labute approximate surface area is 84.7 Å². The van der Waals surface area contributed by atoms with Crippen molar-refractivity contribution in [2.45, 2.75) is 37.8 Å². The Bertz CT molecular complexity index is 273. The van der Waals surface area contributed by atoms with Crippen LogP contribution >= 0.6 is 0 Å². The normalized spacial score (nSPS) is 27.2. The van der Waals surface area contributed by atoms with Crippen molar-refractivity contribution in [2.24, 2.45) is 5.73 Å². The van der Waals surface area contributed by atoms with Crippen molar-refractivity contribution >= 4 is 5.82 Å². The molecule has 3 N–H and O–H groups in total. The molecule has 3 nitrogen and oxygen atoms in total. The Morgan fingerprint density at radius 1 is 1.29 bits per heavy atom. The average molecular weight is 191 g/mol. The van der Waals surface area contributed by atoms with Gasteiger partial charge in [0.2, 0.25) is 0 Å². The van der Waals surface area contributed by atoms with Gasteiger partial charge in [-0.25, -0.2) is 4.98 Å². The maximum absolute atomic E-state index is 6.04. The van der Waals surface area contributed by atoms with Crippen LogP contribution in [0.1, 0.15) is 25.7 Å². The van der Waals surface area contributed by atoms with Gasteiger partial charge in [-0.3, -0.25) is 0 Å². The molecule has 1 aromatic rings. The van der Waals surface area contributed by atoms with Crippen molar-refractivity contribution in [3.63, 3.8) is 0 Å². The van der Waals surface area contributed by atoms with E-state index in [4.69, 9.17) is 5.73 Å². The minimum absolute atomic E-state index is 0.283. The highest BCUT2D eigenvalue weighted by Crippen LogP contribution is 2.19. The number of nitrogens with two attached hydrogens (primary N) is 1. The van der Waals surface area contributed by atoms with Crippen LogP contribution in [-0.2, 0) is 0 Å². The van der Waals surface area contributed by atoms with Crippen LogP contribution in [-0.4, -0.2) is 17.1 Å². The van der Waals surface area contributed by atoms with Crippen molar-refractivity contribution in [1.29, 1.82) is 0 Å². The topological polar surface area (TPSA) is 50.9 Å². The zero-order valence-corrected chi connectivity index (χ0v) is 8.32. The third-order valence-electron chi connectivity index (χ3n) is 2.82. The van der Waals surface area contributed by atoms with E-state index in [0.717, 1.165) is 18.7 Å². The first-order chi connectivity index (χ1) is 6.86. The summed E-state index contributed by atoms with van der Waals surface area (Å²) in [5.74, 6) is 0.940. The molecule has 0 aliphatic heterocycles. The second-order valence-electron chi connectivity index (χ2n) is 3.91. The molecular formula is C11H17N3. The number of nitrogens with zero attached hydrogens (tertiary/aromatic N) is 1. The van der Waals surface area contributed by atoms with Crippen molar-refractivity contribution in [3.8, 4) is 0 Å². The summed E-state index contributed by atoms with van der Waals surface area (Å²) in [5.41, 5.74) is 6.04. The predicted molar refractivity (Wildman–Crippen MR) is 58.1 cm³/mol. The van der Waals surface area contributed by atoms with Gasteiger partial charge >= 0.3 is 0 Å². The summed E-state index contributed by atoms with van der Waals surface area (Å²) < 4.78 is 0. The summed E-state index contributed by atoms with van der Waals surface area (Å²) in [4.78, 5) is 4.24. The lowest BCUT2D eigenvalue weighted by Gasteiger charge is -2.29. The minimum atomic E-state index is 0.283. The first-order valence-corrected chi connectivity index (χ1v) is 5.29. The van der Waals surface area contributed by atoms with Gasteiger partial charge in [0.05, 0.1) is 0 Å². The van der Waals surface area contributed by atoms with Crippen LogP contribution in [0.2, 0.25) is 0 Å². The van der Waals surface area contributed by atoms with E-state index in [9.17, 15) is 0 Å². The Kier molecular flexibility index (Phi) is 2.99. The summed E-state index contributed by atoms with van der Waals surface area (Å²) in [5, 5.41) is 3.39. The number of anilines is 1. The zero-order valence-electron chi connectivity index (χ0n) is 8.32. The highest BCUT2D eigenvalue weighted by Gasteiger charge is 2.21. The number of hydrogen-bond acceptors (Lipinski definition) is 3. The molecule has 0 aromatic carbocycles. The van der Waals surface area contributed by atoms with Gasteiger partial charge < -0.3 is 11.1 Å². The molecule has 1 heterocycles. The number of hydrogen-bond donors (Lipinski definition) is 2. The number of pyridine rings is 1. The van der Waals surface area contributed by atoms with Gasteiger partial charge in [0.1, 0.15) is 5.82 Å². The summed E-state index contributed by atoms with van der Waals surface area (Å²) in [6, 6.07) is 6.58. The molecule has 0 spiro atoms. The van der Waals surface area contributed by atoms with E-state index >= 15 is 0 Å². The van der Waals surface area contributed by atoms with Gasteiger partial charge in [0, 0.05) is 18.3 Å². The molecule has 76 valence electrons. The van der Waals surface area contributed by atoms with E-state index in [0.29, 0.717) is 6.04 Å². The monoisotopic (exact) mass is 191 g/mol. The minimum Gasteiger partial charge on any atom is -0.366 e. The van der Waals surface area contributed by atoms with E-state index in [1.807, 2.05) is 18.2 Å². The van der Waals surface area contributed by atoms with Gasteiger partial charge in [0.15, 0.2) is 0 Å². The van der Waals surface area contributed by atoms with Crippen molar-refractivity contribution in [3.05, 3.63) is 24.4 Å². The molecule has 0 amide bonds. The maximum atomic E-state index is 6.04. The molecule has 14 heavy (non-hydrogen) atoms. The smallest absolute Gasteiger partial charge is 0.126 e. The van der Waals surface area contributed by atoms with E-state index in [1.165, 1.54) is 12.8 Å². The predicted octanol–water partition coefficient (Wildman–Crippen LogP) is 1.76. The van der Waals surface area contributed by atoms with Gasteiger partial charge in [-0.2, -0.15) is 0 Å². The second kappa shape index (κ2) is 4.42. The van der Waals surface area contributed by atoms with E-state index in [1.54, 1.807) is 6.20 Å². The standard InChI is InChI=1S/C11H17N3/c12-9-5-1-2-6-10(9)14-11-7-3-4-8-13-11/h3-4,7-10H,1-2,5-6,12H2,(H,13,14)/t9-,10+/m1/s1. The van der Waals surface area contributed by atoms with Crippen LogP contribution in [0.15, 0.2) is 24.4 Å². The molecule has 1 fully saturated rings. The van der Waals surface area contributed by atoms with E-state index in [-0.39, 0.29) is 6.04 Å². The molecule has 2 rings (SSSR count). The Morgan fingerprint density at radius 2 is 2.14 bits per heavy atom. The fourth-order valence-electron chi connectivity index (χ4n) is 1.98. The van der Waals surface area contributed by atoms with Crippen LogP contribution in [0.4, 0.5) is 5.82 Å². The first kappa shape index (κ1) is 9.46. The largest absolute Gasteiger partial charge is 0.366 e. The SMILES string of the molecule is N[C@@H]1CCCC[C@@H]1Nc1ccccn1. The molecule has 0 radical (unpaired) electrons. The molecule has 2 atom stereocenters. The summed E-state index contributed by atoms with van der Waals surface area (Å²) >= 11 is 0. The summed E-state index contributed by atoms with van der Waals surface area (Å²) in [6.07, 6.45) is 6.64. The summed E-state index contributed by atoms with van der Waals surface area (Å²) in [6.45, 7) is 0. The maximum Gasteiger partial charge on any atom is 0.126 e. The highest BCUT2D eigenvalue weighted by molar-refractivity contribution is 5.35. The molecule has 1 aliphatic carbocycles.